The molecule has 0 aliphatic carbocycles. The van der Waals surface area contributed by atoms with Crippen LogP contribution in [-0.2, 0) is 14.3 Å². The van der Waals surface area contributed by atoms with E-state index in [1.165, 1.54) is 0 Å². The summed E-state index contributed by atoms with van der Waals surface area (Å²) in [4.78, 5) is 28.4. The predicted molar refractivity (Wildman–Crippen MR) is 154 cm³/mol. The van der Waals surface area contributed by atoms with Crippen molar-refractivity contribution >= 4 is 27.9 Å². The Morgan fingerprint density at radius 1 is 0.744 bits per heavy atom. The molecule has 2 N–H and O–H groups in total. The summed E-state index contributed by atoms with van der Waals surface area (Å²) in [7, 11) is 16.0. The minimum absolute atomic E-state index is 0. The number of aliphatic hydroxyl groups excluding tert-OH is 1. The molecule has 0 aromatic rings. The molecule has 10 nitrogen and oxygen atoms in total. The number of rotatable bonds is 20. The zero-order valence-corrected chi connectivity index (χ0v) is 32.3. The van der Waals surface area contributed by atoms with E-state index in [2.05, 4.69) is 25.7 Å². The van der Waals surface area contributed by atoms with Crippen LogP contribution in [0.1, 0.15) is 52.8 Å². The molecule has 0 atom stereocenters. The van der Waals surface area contributed by atoms with Gasteiger partial charge in [-0.25, -0.2) is 0 Å². The molecular formula is C26H57BrN4Na2O6. The number of likely N-dealkylation sites (N-methyl/N-ethyl adjacent to an activating group) is 4. The third-order valence-electron chi connectivity index (χ3n) is 4.69. The Bertz CT molecular complexity index is 523. The van der Waals surface area contributed by atoms with E-state index in [4.69, 9.17) is 9.84 Å². The molecule has 0 aromatic heterocycles. The SMILES string of the molecule is CN(C)CC(CN(C)C)OCCCCCC(=O)[O-].CN(C)CC(O)CN(C)C.O=C(O)CCCCCBr.[H-].[Na+].[Na+]. The maximum Gasteiger partial charge on any atom is 1.00 e. The summed E-state index contributed by atoms with van der Waals surface area (Å²) in [6, 6.07) is 0. The molecule has 39 heavy (non-hydrogen) atoms. The van der Waals surface area contributed by atoms with Gasteiger partial charge in [-0.3, -0.25) is 4.79 Å². The van der Waals surface area contributed by atoms with Gasteiger partial charge in [-0.2, -0.15) is 0 Å². The van der Waals surface area contributed by atoms with Crippen LogP contribution in [-0.4, -0.2) is 148 Å². The third kappa shape index (κ3) is 52.3. The van der Waals surface area contributed by atoms with Gasteiger partial charge in [0.25, 0.3) is 0 Å². The molecule has 0 aromatic carbocycles. The number of carboxylic acids is 2. The second kappa shape index (κ2) is 35.4. The molecule has 13 heteroatoms. The monoisotopic (exact) mass is 646 g/mol. The molecule has 0 rings (SSSR count). The van der Waals surface area contributed by atoms with Crippen molar-refractivity contribution < 1.29 is 90.2 Å². The van der Waals surface area contributed by atoms with Crippen LogP contribution in [0.5, 0.6) is 0 Å². The first kappa shape index (κ1) is 49.8. The van der Waals surface area contributed by atoms with Crippen molar-refractivity contribution in [2.45, 2.75) is 63.6 Å². The van der Waals surface area contributed by atoms with Gasteiger partial charge in [0.1, 0.15) is 0 Å². The van der Waals surface area contributed by atoms with Crippen LogP contribution in [0.25, 0.3) is 0 Å². The summed E-state index contributed by atoms with van der Waals surface area (Å²) in [5.74, 6) is -1.65. The first-order valence-electron chi connectivity index (χ1n) is 13.1. The van der Waals surface area contributed by atoms with Gasteiger partial charge >= 0.3 is 65.1 Å². The van der Waals surface area contributed by atoms with Gasteiger partial charge in [0.05, 0.1) is 12.2 Å². The van der Waals surface area contributed by atoms with Crippen molar-refractivity contribution in [3.63, 3.8) is 0 Å². The fourth-order valence-corrected chi connectivity index (χ4v) is 3.62. The van der Waals surface area contributed by atoms with E-state index in [0.717, 1.165) is 63.6 Å². The number of alkyl halides is 1. The number of hydrogen-bond donors (Lipinski definition) is 2. The smallest absolute Gasteiger partial charge is 1.00 e. The van der Waals surface area contributed by atoms with Crippen LogP contribution < -0.4 is 64.2 Å². The van der Waals surface area contributed by atoms with Gasteiger partial charge in [0.2, 0.25) is 0 Å². The van der Waals surface area contributed by atoms with Crippen molar-refractivity contribution in [1.29, 1.82) is 0 Å². The first-order valence-corrected chi connectivity index (χ1v) is 14.2. The van der Waals surface area contributed by atoms with E-state index >= 15 is 0 Å². The zero-order chi connectivity index (χ0) is 29.2. The standard InChI is InChI=1S/C13H28N2O3.C7H18N2O.C6H11BrO2.2Na.H/c1-14(2)10-12(11-15(3)4)18-9-7-5-6-8-13(16)17;1-8(2)5-7(10)6-9(3)4;7-5-3-1-2-4-6(8)9;;;/h12H,5-11H2,1-4H3,(H,16,17);7,10H,5-6H2,1-4H3;1-5H2,(H,8,9);;;/q;;;2*+1;-1/p-1. The number of ether oxygens (including phenoxy) is 1. The molecule has 0 aliphatic rings. The Hall–Kier alpha value is 1.18. The van der Waals surface area contributed by atoms with Gasteiger partial charge in [0.15, 0.2) is 0 Å². The van der Waals surface area contributed by atoms with Crippen molar-refractivity contribution in [2.75, 3.05) is 94.5 Å². The van der Waals surface area contributed by atoms with E-state index in [9.17, 15) is 19.8 Å². The van der Waals surface area contributed by atoms with Gasteiger partial charge in [0, 0.05) is 50.5 Å². The van der Waals surface area contributed by atoms with Crippen LogP contribution in [0.4, 0.5) is 0 Å². The fraction of sp³-hybridized carbons (Fsp3) is 0.923. The van der Waals surface area contributed by atoms with Crippen LogP contribution >= 0.6 is 15.9 Å². The average molecular weight is 648 g/mol. The number of nitrogens with zero attached hydrogens (tertiary/aromatic N) is 4. The fourth-order valence-electron chi connectivity index (χ4n) is 3.22. The number of halogens is 1. The number of carbonyl (C=O) groups excluding carboxylic acids is 1. The van der Waals surface area contributed by atoms with Gasteiger partial charge in [-0.15, -0.1) is 0 Å². The van der Waals surface area contributed by atoms with Crippen LogP contribution in [0.3, 0.4) is 0 Å². The van der Waals surface area contributed by atoms with Gasteiger partial charge in [-0.05, 0) is 88.5 Å². The van der Waals surface area contributed by atoms with Gasteiger partial charge < -0.3 is 45.9 Å². The molecular weight excluding hydrogens is 590 g/mol. The molecule has 0 aliphatic heterocycles. The minimum atomic E-state index is -0.964. The van der Waals surface area contributed by atoms with Crippen molar-refractivity contribution in [1.82, 2.24) is 19.6 Å². The molecule has 0 radical (unpaired) electrons. The number of hydrogen-bond acceptors (Lipinski definition) is 9. The largest absolute Gasteiger partial charge is 1.00 e. The second-order valence-electron chi connectivity index (χ2n) is 10.3. The Balaban J connectivity index is -0.000000113. The molecule has 0 amide bonds. The molecule has 0 unspecified atom stereocenters. The Labute approximate surface area is 293 Å². The maximum atomic E-state index is 10.2. The molecule has 0 fully saturated rings. The summed E-state index contributed by atoms with van der Waals surface area (Å²) in [6.45, 7) is 3.96. The van der Waals surface area contributed by atoms with Crippen molar-refractivity contribution in [3.05, 3.63) is 0 Å². The summed E-state index contributed by atoms with van der Waals surface area (Å²) in [5.41, 5.74) is 0. The normalized spacial score (nSPS) is 10.7. The second-order valence-corrected chi connectivity index (χ2v) is 11.1. The maximum absolute atomic E-state index is 10.2. The van der Waals surface area contributed by atoms with Gasteiger partial charge in [-0.1, -0.05) is 28.8 Å². The molecule has 0 heterocycles. The predicted octanol–water partition coefficient (Wildman–Crippen LogP) is -4.58. The van der Waals surface area contributed by atoms with E-state index in [1.807, 2.05) is 66.2 Å². The number of aliphatic carboxylic acids is 2. The molecule has 0 saturated carbocycles. The molecule has 0 saturated heterocycles. The molecule has 0 spiro atoms. The minimum Gasteiger partial charge on any atom is -1.00 e. The topological polar surface area (TPSA) is 120 Å². The third-order valence-corrected chi connectivity index (χ3v) is 5.25. The van der Waals surface area contributed by atoms with Crippen molar-refractivity contribution in [3.8, 4) is 0 Å². The van der Waals surface area contributed by atoms with E-state index < -0.39 is 11.9 Å². The Kier molecular flexibility index (Phi) is 45.2. The summed E-state index contributed by atoms with van der Waals surface area (Å²) >= 11 is 3.27. The number of unbranched alkanes of at least 4 members (excludes halogenated alkanes) is 4. The summed E-state index contributed by atoms with van der Waals surface area (Å²) < 4.78 is 5.82. The first-order chi connectivity index (χ1) is 17.2. The van der Waals surface area contributed by atoms with Crippen LogP contribution in [0.2, 0.25) is 0 Å². The van der Waals surface area contributed by atoms with E-state index in [1.54, 1.807) is 0 Å². The van der Waals surface area contributed by atoms with Crippen molar-refractivity contribution in [2.24, 2.45) is 0 Å². The zero-order valence-electron chi connectivity index (χ0n) is 27.7. The van der Waals surface area contributed by atoms with Crippen LogP contribution in [0, 0.1) is 0 Å². The summed E-state index contributed by atoms with van der Waals surface area (Å²) in [6.07, 6.45) is 5.80. The number of carbonyl (C=O) groups is 2. The van der Waals surface area contributed by atoms with E-state index in [-0.39, 0.29) is 79.2 Å². The van der Waals surface area contributed by atoms with E-state index in [0.29, 0.717) is 19.4 Å². The Morgan fingerprint density at radius 3 is 1.51 bits per heavy atom. The quantitative estimate of drug-likeness (QED) is 0.0760. The molecule has 226 valence electrons. The summed E-state index contributed by atoms with van der Waals surface area (Å²) in [5, 5.41) is 28.7. The Morgan fingerprint density at radius 2 is 1.15 bits per heavy atom. The molecule has 0 bridgehead atoms. The average Bonchev–Trinajstić information content (AvgIpc) is 2.72. The number of aliphatic hydroxyl groups is 1. The van der Waals surface area contributed by atoms with Crippen LogP contribution in [0.15, 0.2) is 0 Å². The number of carboxylic acid groups (broad SMARTS) is 2.